The lowest BCUT2D eigenvalue weighted by Gasteiger charge is -2.04. The minimum Gasteiger partial charge on any atom is -0.398 e. The first-order valence-corrected chi connectivity index (χ1v) is 4.65. The van der Waals surface area contributed by atoms with Gasteiger partial charge in [-0.15, -0.1) is 0 Å². The average molecular weight is 188 g/mol. The van der Waals surface area contributed by atoms with Crippen molar-refractivity contribution < 1.29 is 0 Å². The van der Waals surface area contributed by atoms with Crippen LogP contribution in [0.2, 0.25) is 0 Å². The Hall–Kier alpha value is -1.46. The number of nitrogen functional groups attached to an aromatic ring is 1. The lowest BCUT2D eigenvalue weighted by atomic mass is 10.1. The van der Waals surface area contributed by atoms with Crippen molar-refractivity contribution in [2.75, 3.05) is 19.3 Å². The molecule has 0 radical (unpaired) electrons. The minimum absolute atomic E-state index is 0.711. The molecule has 0 fully saturated rings. The molecule has 2 nitrogen and oxygen atoms in total. The molecule has 0 saturated heterocycles. The zero-order valence-electron chi connectivity index (χ0n) is 8.94. The van der Waals surface area contributed by atoms with Crippen LogP contribution < -0.4 is 11.1 Å². The van der Waals surface area contributed by atoms with Crippen LogP contribution in [0.1, 0.15) is 16.7 Å². The predicted molar refractivity (Wildman–Crippen MR) is 61.1 cm³/mol. The normalized spacial score (nSPS) is 9.36. The molecule has 0 aliphatic rings. The van der Waals surface area contributed by atoms with Gasteiger partial charge in [0.05, 0.1) is 6.54 Å². The fourth-order valence-corrected chi connectivity index (χ4v) is 1.28. The van der Waals surface area contributed by atoms with Crippen molar-refractivity contribution in [1.82, 2.24) is 5.32 Å². The molecule has 0 spiro atoms. The molecule has 2 heteroatoms. The smallest absolute Gasteiger partial charge is 0.0577 e. The second-order valence-corrected chi connectivity index (χ2v) is 3.36. The Bertz CT molecular complexity index is 360. The second-order valence-electron chi connectivity index (χ2n) is 3.36. The number of hydrogen-bond donors (Lipinski definition) is 2. The van der Waals surface area contributed by atoms with E-state index in [0.29, 0.717) is 6.54 Å². The van der Waals surface area contributed by atoms with Crippen LogP contribution >= 0.6 is 0 Å². The van der Waals surface area contributed by atoms with E-state index in [1.165, 1.54) is 0 Å². The van der Waals surface area contributed by atoms with Gasteiger partial charge in [0.25, 0.3) is 0 Å². The maximum atomic E-state index is 5.85. The molecule has 0 aliphatic heterocycles. The van der Waals surface area contributed by atoms with E-state index in [0.717, 1.165) is 22.4 Å². The Morgan fingerprint density at radius 2 is 1.86 bits per heavy atom. The van der Waals surface area contributed by atoms with E-state index in [1.807, 2.05) is 33.0 Å². The largest absolute Gasteiger partial charge is 0.398 e. The number of benzene rings is 1. The first kappa shape index (κ1) is 10.6. The fraction of sp³-hybridized carbons (Fsp3) is 0.333. The summed E-state index contributed by atoms with van der Waals surface area (Å²) in [5.74, 6) is 6.11. The van der Waals surface area contributed by atoms with E-state index in [4.69, 9.17) is 5.73 Å². The molecule has 0 aromatic heterocycles. The van der Waals surface area contributed by atoms with Gasteiger partial charge in [0, 0.05) is 11.3 Å². The van der Waals surface area contributed by atoms with Crippen molar-refractivity contribution in [2.45, 2.75) is 13.8 Å². The van der Waals surface area contributed by atoms with E-state index < -0.39 is 0 Å². The van der Waals surface area contributed by atoms with E-state index in [1.54, 1.807) is 0 Å². The minimum atomic E-state index is 0.711. The SMILES string of the molecule is CNCC#Cc1cc(C)c(N)c(C)c1. The number of hydrogen-bond acceptors (Lipinski definition) is 2. The summed E-state index contributed by atoms with van der Waals surface area (Å²) in [4.78, 5) is 0. The van der Waals surface area contributed by atoms with E-state index in [9.17, 15) is 0 Å². The highest BCUT2D eigenvalue weighted by molar-refractivity contribution is 5.57. The highest BCUT2D eigenvalue weighted by Crippen LogP contribution is 2.17. The molecule has 1 aromatic carbocycles. The molecule has 74 valence electrons. The summed E-state index contributed by atoms with van der Waals surface area (Å²) in [5.41, 5.74) is 9.93. The Morgan fingerprint density at radius 3 is 2.36 bits per heavy atom. The Balaban J connectivity index is 2.97. The third-order valence-electron chi connectivity index (χ3n) is 2.09. The summed E-state index contributed by atoms with van der Waals surface area (Å²) >= 11 is 0. The van der Waals surface area contributed by atoms with Gasteiger partial charge >= 0.3 is 0 Å². The molecule has 0 aliphatic carbocycles. The van der Waals surface area contributed by atoms with Gasteiger partial charge in [0.15, 0.2) is 0 Å². The van der Waals surface area contributed by atoms with Gasteiger partial charge in [0.1, 0.15) is 0 Å². The first-order chi connectivity index (χ1) is 6.65. The van der Waals surface area contributed by atoms with Crippen molar-refractivity contribution in [1.29, 1.82) is 0 Å². The van der Waals surface area contributed by atoms with E-state index >= 15 is 0 Å². The Kier molecular flexibility index (Phi) is 3.55. The zero-order chi connectivity index (χ0) is 10.6. The summed E-state index contributed by atoms with van der Waals surface area (Å²) in [6.07, 6.45) is 0. The summed E-state index contributed by atoms with van der Waals surface area (Å²) in [7, 11) is 1.88. The van der Waals surface area contributed by atoms with Crippen LogP contribution in [-0.2, 0) is 0 Å². The van der Waals surface area contributed by atoms with Crippen molar-refractivity contribution >= 4 is 5.69 Å². The molecule has 0 unspecified atom stereocenters. The van der Waals surface area contributed by atoms with E-state index in [-0.39, 0.29) is 0 Å². The third kappa shape index (κ3) is 2.51. The molecular formula is C12H16N2. The van der Waals surface area contributed by atoms with Gasteiger partial charge in [-0.25, -0.2) is 0 Å². The van der Waals surface area contributed by atoms with Crippen LogP contribution in [0.5, 0.6) is 0 Å². The van der Waals surface area contributed by atoms with Crippen LogP contribution in [0.3, 0.4) is 0 Å². The second kappa shape index (κ2) is 4.69. The van der Waals surface area contributed by atoms with Crippen LogP contribution in [-0.4, -0.2) is 13.6 Å². The monoisotopic (exact) mass is 188 g/mol. The van der Waals surface area contributed by atoms with Gasteiger partial charge < -0.3 is 11.1 Å². The molecule has 0 amide bonds. The highest BCUT2D eigenvalue weighted by atomic mass is 14.8. The molecule has 0 saturated carbocycles. The summed E-state index contributed by atoms with van der Waals surface area (Å²) < 4.78 is 0. The molecule has 0 bridgehead atoms. The van der Waals surface area contributed by atoms with Crippen molar-refractivity contribution in [3.05, 3.63) is 28.8 Å². The molecule has 1 rings (SSSR count). The number of aryl methyl sites for hydroxylation is 2. The summed E-state index contributed by atoms with van der Waals surface area (Å²) in [5, 5.41) is 2.98. The molecule has 3 N–H and O–H groups in total. The van der Waals surface area contributed by atoms with Gasteiger partial charge in [-0.1, -0.05) is 11.8 Å². The predicted octanol–water partition coefficient (Wildman–Crippen LogP) is 1.46. The van der Waals surface area contributed by atoms with Crippen LogP contribution in [0.15, 0.2) is 12.1 Å². The van der Waals surface area contributed by atoms with Crippen molar-refractivity contribution in [2.24, 2.45) is 0 Å². The zero-order valence-corrected chi connectivity index (χ0v) is 8.94. The van der Waals surface area contributed by atoms with Crippen LogP contribution in [0, 0.1) is 25.7 Å². The number of nitrogens with one attached hydrogen (secondary N) is 1. The molecule has 1 aromatic rings. The maximum absolute atomic E-state index is 5.85. The van der Waals surface area contributed by atoms with Gasteiger partial charge in [-0.2, -0.15) is 0 Å². The first-order valence-electron chi connectivity index (χ1n) is 4.65. The van der Waals surface area contributed by atoms with Crippen molar-refractivity contribution in [3.63, 3.8) is 0 Å². The van der Waals surface area contributed by atoms with Crippen molar-refractivity contribution in [3.8, 4) is 11.8 Å². The Labute approximate surface area is 85.5 Å². The van der Waals surface area contributed by atoms with E-state index in [2.05, 4.69) is 17.2 Å². The third-order valence-corrected chi connectivity index (χ3v) is 2.09. The quantitative estimate of drug-likeness (QED) is 0.517. The highest BCUT2D eigenvalue weighted by Gasteiger charge is 1.98. The maximum Gasteiger partial charge on any atom is 0.0577 e. The van der Waals surface area contributed by atoms with Gasteiger partial charge in [0.2, 0.25) is 0 Å². The molecule has 0 heterocycles. The lowest BCUT2D eigenvalue weighted by molar-refractivity contribution is 0.938. The number of nitrogens with two attached hydrogens (primary N) is 1. The van der Waals surface area contributed by atoms with Crippen LogP contribution in [0.4, 0.5) is 5.69 Å². The standard InChI is InChI=1S/C12H16N2/c1-9-7-11(5-4-6-14-3)8-10(2)12(9)13/h7-8,14H,6,13H2,1-3H3. The average Bonchev–Trinajstić information content (AvgIpc) is 2.14. The van der Waals surface area contributed by atoms with Crippen LogP contribution in [0.25, 0.3) is 0 Å². The molecule has 14 heavy (non-hydrogen) atoms. The van der Waals surface area contributed by atoms with Gasteiger partial charge in [-0.3, -0.25) is 0 Å². The fourth-order valence-electron chi connectivity index (χ4n) is 1.28. The topological polar surface area (TPSA) is 38.0 Å². The lowest BCUT2D eigenvalue weighted by Crippen LogP contribution is -2.04. The summed E-state index contributed by atoms with van der Waals surface area (Å²) in [6, 6.07) is 4.04. The van der Waals surface area contributed by atoms with Gasteiger partial charge in [-0.05, 0) is 44.2 Å². The molecule has 0 atom stereocenters. The Morgan fingerprint density at radius 1 is 1.29 bits per heavy atom. The molecular weight excluding hydrogens is 172 g/mol. The number of anilines is 1. The summed E-state index contributed by atoms with van der Waals surface area (Å²) in [6.45, 7) is 4.72. The number of rotatable bonds is 1.